The van der Waals surface area contributed by atoms with Crippen molar-refractivity contribution < 1.29 is 4.79 Å². The Labute approximate surface area is 125 Å². The summed E-state index contributed by atoms with van der Waals surface area (Å²) in [5.74, 6) is 0.741. The molecule has 9 heteroatoms. The van der Waals surface area contributed by atoms with E-state index in [0.717, 1.165) is 25.3 Å². The highest BCUT2D eigenvalue weighted by Crippen LogP contribution is 2.24. The average molecular weight is 305 g/mol. The van der Waals surface area contributed by atoms with Crippen LogP contribution in [-0.2, 0) is 4.79 Å². The van der Waals surface area contributed by atoms with Crippen molar-refractivity contribution in [2.75, 3.05) is 28.6 Å². The molecule has 1 unspecified atom stereocenters. The van der Waals surface area contributed by atoms with Crippen molar-refractivity contribution in [3.05, 3.63) is 18.3 Å². The lowest BCUT2D eigenvalue weighted by atomic mass is 10.3. The van der Waals surface area contributed by atoms with Gasteiger partial charge in [-0.05, 0) is 18.6 Å². The molecule has 0 aliphatic carbocycles. The molecule has 0 radical (unpaired) electrons. The molecule has 8 nitrogen and oxygen atoms in total. The fraction of sp³-hybridized carbons (Fsp3) is 0.417. The van der Waals surface area contributed by atoms with Gasteiger partial charge in [-0.15, -0.1) is 15.3 Å². The van der Waals surface area contributed by atoms with Crippen molar-refractivity contribution in [2.24, 2.45) is 0 Å². The number of amides is 1. The highest BCUT2D eigenvalue weighted by atomic mass is 32.1. The molecule has 110 valence electrons. The molecule has 0 spiro atoms. The summed E-state index contributed by atoms with van der Waals surface area (Å²) in [7, 11) is 0. The number of rotatable bonds is 4. The van der Waals surface area contributed by atoms with Gasteiger partial charge in [-0.25, -0.2) is 0 Å². The highest BCUT2D eigenvalue weighted by molar-refractivity contribution is 7.19. The fourth-order valence-electron chi connectivity index (χ4n) is 2.21. The topological polar surface area (TPSA) is 95.9 Å². The Morgan fingerprint density at radius 1 is 1.38 bits per heavy atom. The molecule has 1 amide bonds. The average Bonchev–Trinajstić information content (AvgIpc) is 3.09. The predicted molar refractivity (Wildman–Crippen MR) is 80.5 cm³/mol. The number of carbonyl (C=O) groups is 1. The zero-order chi connectivity index (χ0) is 14.7. The molecule has 2 aromatic heterocycles. The van der Waals surface area contributed by atoms with Crippen LogP contribution in [0.5, 0.6) is 0 Å². The van der Waals surface area contributed by atoms with Gasteiger partial charge in [0, 0.05) is 32.3 Å². The van der Waals surface area contributed by atoms with Crippen molar-refractivity contribution in [3.63, 3.8) is 0 Å². The van der Waals surface area contributed by atoms with E-state index in [2.05, 4.69) is 35.9 Å². The third kappa shape index (κ3) is 3.43. The molecule has 3 rings (SSSR count). The summed E-state index contributed by atoms with van der Waals surface area (Å²) in [5.41, 5.74) is 0. The lowest BCUT2D eigenvalue weighted by Crippen LogP contribution is -2.26. The van der Waals surface area contributed by atoms with Crippen LogP contribution in [0.15, 0.2) is 18.3 Å². The number of nitrogens with zero attached hydrogens (tertiary/aromatic N) is 5. The first-order valence-electron chi connectivity index (χ1n) is 6.61. The molecular weight excluding hydrogens is 290 g/mol. The van der Waals surface area contributed by atoms with E-state index in [9.17, 15) is 4.79 Å². The quantitative estimate of drug-likeness (QED) is 0.869. The lowest BCUT2D eigenvalue weighted by Gasteiger charge is -2.16. The van der Waals surface area contributed by atoms with Gasteiger partial charge in [0.25, 0.3) is 0 Å². The molecule has 3 heterocycles. The van der Waals surface area contributed by atoms with E-state index < -0.39 is 0 Å². The summed E-state index contributed by atoms with van der Waals surface area (Å²) >= 11 is 1.33. The molecule has 2 aromatic rings. The molecule has 21 heavy (non-hydrogen) atoms. The standard InChI is InChI=1S/C12H15N7OS/c1-8(20)14-11-17-18-12(21-11)15-9-4-6-19(7-9)10-3-2-5-13-16-10/h2-3,5,9H,4,6-7H2,1H3,(H,15,18)(H,14,17,20). The maximum atomic E-state index is 11.0. The Morgan fingerprint density at radius 2 is 2.24 bits per heavy atom. The van der Waals surface area contributed by atoms with Crippen LogP contribution in [0, 0.1) is 0 Å². The van der Waals surface area contributed by atoms with Crippen molar-refractivity contribution in [3.8, 4) is 0 Å². The van der Waals surface area contributed by atoms with Crippen LogP contribution in [0.25, 0.3) is 0 Å². The van der Waals surface area contributed by atoms with E-state index in [0.29, 0.717) is 10.3 Å². The molecule has 1 aliphatic heterocycles. The van der Waals surface area contributed by atoms with Gasteiger partial charge >= 0.3 is 0 Å². The van der Waals surface area contributed by atoms with Crippen molar-refractivity contribution in [1.29, 1.82) is 0 Å². The summed E-state index contributed by atoms with van der Waals surface area (Å²) in [6, 6.07) is 4.12. The minimum atomic E-state index is -0.146. The van der Waals surface area contributed by atoms with Crippen molar-refractivity contribution in [1.82, 2.24) is 20.4 Å². The maximum absolute atomic E-state index is 11.0. The van der Waals surface area contributed by atoms with Crippen LogP contribution in [0.1, 0.15) is 13.3 Å². The van der Waals surface area contributed by atoms with Gasteiger partial charge in [0.05, 0.1) is 0 Å². The third-order valence-corrected chi connectivity index (χ3v) is 3.88. The number of hydrogen-bond donors (Lipinski definition) is 2. The fourth-order valence-corrected chi connectivity index (χ4v) is 2.97. The molecule has 0 saturated carbocycles. The van der Waals surface area contributed by atoms with E-state index in [1.165, 1.54) is 18.3 Å². The van der Waals surface area contributed by atoms with Gasteiger partial charge < -0.3 is 15.5 Å². The summed E-state index contributed by atoms with van der Waals surface area (Å²) in [5, 5.41) is 23.1. The van der Waals surface area contributed by atoms with Gasteiger partial charge in [0.2, 0.25) is 16.2 Å². The van der Waals surface area contributed by atoms with E-state index in [4.69, 9.17) is 0 Å². The Bertz CT molecular complexity index is 617. The van der Waals surface area contributed by atoms with E-state index in [-0.39, 0.29) is 11.9 Å². The van der Waals surface area contributed by atoms with Crippen molar-refractivity contribution >= 4 is 33.3 Å². The van der Waals surface area contributed by atoms with Gasteiger partial charge in [-0.2, -0.15) is 5.10 Å². The Kier molecular flexibility index (Phi) is 3.91. The molecular formula is C12H15N7OS. The van der Waals surface area contributed by atoms with Gasteiger partial charge in [0.1, 0.15) is 0 Å². The maximum Gasteiger partial charge on any atom is 0.223 e. The van der Waals surface area contributed by atoms with E-state index >= 15 is 0 Å². The monoisotopic (exact) mass is 305 g/mol. The second-order valence-corrected chi connectivity index (χ2v) is 5.73. The second-order valence-electron chi connectivity index (χ2n) is 4.75. The Balaban J connectivity index is 1.57. The van der Waals surface area contributed by atoms with Crippen LogP contribution in [-0.4, -0.2) is 45.4 Å². The molecule has 0 bridgehead atoms. The third-order valence-electron chi connectivity index (χ3n) is 3.11. The van der Waals surface area contributed by atoms with Crippen molar-refractivity contribution in [2.45, 2.75) is 19.4 Å². The first kappa shape index (κ1) is 13.7. The molecule has 1 aliphatic rings. The minimum Gasteiger partial charge on any atom is -0.355 e. The number of nitrogens with one attached hydrogen (secondary N) is 2. The van der Waals surface area contributed by atoms with E-state index in [1.54, 1.807) is 6.20 Å². The highest BCUT2D eigenvalue weighted by Gasteiger charge is 2.24. The van der Waals surface area contributed by atoms with Gasteiger partial charge in [-0.1, -0.05) is 11.3 Å². The molecule has 2 N–H and O–H groups in total. The summed E-state index contributed by atoms with van der Waals surface area (Å²) in [6.07, 6.45) is 2.66. The zero-order valence-electron chi connectivity index (χ0n) is 11.5. The predicted octanol–water partition coefficient (Wildman–Crippen LogP) is 0.977. The number of anilines is 3. The SMILES string of the molecule is CC(=O)Nc1nnc(NC2CCN(c3cccnn3)C2)s1. The van der Waals surface area contributed by atoms with Gasteiger partial charge in [0.15, 0.2) is 5.82 Å². The molecule has 1 saturated heterocycles. The van der Waals surface area contributed by atoms with Crippen LogP contribution in [0.2, 0.25) is 0 Å². The number of carbonyl (C=O) groups excluding carboxylic acids is 1. The summed E-state index contributed by atoms with van der Waals surface area (Å²) < 4.78 is 0. The lowest BCUT2D eigenvalue weighted by molar-refractivity contribution is -0.114. The largest absolute Gasteiger partial charge is 0.355 e. The van der Waals surface area contributed by atoms with Crippen LogP contribution < -0.4 is 15.5 Å². The summed E-state index contributed by atoms with van der Waals surface area (Å²) in [6.45, 7) is 3.21. The van der Waals surface area contributed by atoms with E-state index in [1.807, 2.05) is 12.1 Å². The molecule has 1 fully saturated rings. The minimum absolute atomic E-state index is 0.146. The molecule has 1 atom stereocenters. The first-order chi connectivity index (χ1) is 10.2. The van der Waals surface area contributed by atoms with Crippen LogP contribution in [0.3, 0.4) is 0 Å². The normalized spacial score (nSPS) is 17.8. The Hall–Kier alpha value is -2.29. The first-order valence-corrected chi connectivity index (χ1v) is 7.42. The van der Waals surface area contributed by atoms with Gasteiger partial charge in [-0.3, -0.25) is 4.79 Å². The Morgan fingerprint density at radius 3 is 3.00 bits per heavy atom. The summed E-state index contributed by atoms with van der Waals surface area (Å²) in [4.78, 5) is 13.1. The van der Waals surface area contributed by atoms with Crippen LogP contribution >= 0.6 is 11.3 Å². The molecule has 0 aromatic carbocycles. The number of hydrogen-bond acceptors (Lipinski definition) is 8. The smallest absolute Gasteiger partial charge is 0.223 e. The zero-order valence-corrected chi connectivity index (χ0v) is 12.3. The second kappa shape index (κ2) is 6.00. The number of aromatic nitrogens is 4. The van der Waals surface area contributed by atoms with Crippen LogP contribution in [0.4, 0.5) is 16.1 Å².